The zero-order valence-electron chi connectivity index (χ0n) is 14.2. The first kappa shape index (κ1) is 17.7. The average molecular weight is 328 g/mol. The summed E-state index contributed by atoms with van der Waals surface area (Å²) in [5.41, 5.74) is -0.388. The molecule has 2 rings (SSSR count). The van der Waals surface area contributed by atoms with E-state index in [0.29, 0.717) is 5.31 Å². The summed E-state index contributed by atoms with van der Waals surface area (Å²) >= 11 is 0. The lowest BCUT2D eigenvalue weighted by Crippen LogP contribution is -2.32. The molecule has 0 saturated carbocycles. The van der Waals surface area contributed by atoms with Crippen molar-refractivity contribution in [1.29, 1.82) is 0 Å². The lowest BCUT2D eigenvalue weighted by atomic mass is 9.89. The van der Waals surface area contributed by atoms with Crippen molar-refractivity contribution in [2.75, 3.05) is 0 Å². The van der Waals surface area contributed by atoms with Gasteiger partial charge in [0.2, 0.25) is 0 Å². The van der Waals surface area contributed by atoms with Gasteiger partial charge < -0.3 is 9.67 Å². The van der Waals surface area contributed by atoms with E-state index in [-0.39, 0.29) is 5.41 Å². The van der Waals surface area contributed by atoms with E-state index in [1.165, 1.54) is 0 Å². The highest BCUT2D eigenvalue weighted by molar-refractivity contribution is 7.82. The molecule has 1 unspecified atom stereocenters. The molecule has 0 saturated heterocycles. The van der Waals surface area contributed by atoms with Gasteiger partial charge in [0.1, 0.15) is 0 Å². The first-order chi connectivity index (χ1) is 10.8. The number of hydrogen-bond donors (Lipinski definition) is 1. The predicted octanol–water partition coefficient (Wildman–Crippen LogP) is 4.31. The van der Waals surface area contributed by atoms with Crippen LogP contribution in [0.3, 0.4) is 0 Å². The van der Waals surface area contributed by atoms with Gasteiger partial charge in [-0.2, -0.15) is 0 Å². The maximum atomic E-state index is 14.2. The van der Waals surface area contributed by atoms with Gasteiger partial charge in [0.15, 0.2) is 7.14 Å². The Morgan fingerprint density at radius 3 is 1.65 bits per heavy atom. The van der Waals surface area contributed by atoms with E-state index < -0.39 is 13.2 Å². The van der Waals surface area contributed by atoms with Crippen LogP contribution < -0.4 is 10.6 Å². The van der Waals surface area contributed by atoms with Crippen LogP contribution in [0.1, 0.15) is 27.7 Å². The third kappa shape index (κ3) is 3.49. The second kappa shape index (κ2) is 6.86. The first-order valence-electron chi connectivity index (χ1n) is 7.88. The van der Waals surface area contributed by atoms with Gasteiger partial charge >= 0.3 is 0 Å². The van der Waals surface area contributed by atoms with E-state index in [4.69, 9.17) is 0 Å². The molecule has 0 aliphatic rings. The minimum Gasteiger partial charge on any atom is -0.388 e. The van der Waals surface area contributed by atoms with Gasteiger partial charge in [-0.25, -0.2) is 0 Å². The lowest BCUT2D eigenvalue weighted by Gasteiger charge is -2.33. The van der Waals surface area contributed by atoms with E-state index in [1.54, 1.807) is 0 Å². The van der Waals surface area contributed by atoms with Crippen molar-refractivity contribution in [3.05, 3.63) is 72.1 Å². The van der Waals surface area contributed by atoms with Gasteiger partial charge in [0, 0.05) is 15.9 Å². The van der Waals surface area contributed by atoms with E-state index in [1.807, 2.05) is 94.4 Å². The Bertz CT molecular complexity index is 669. The number of allylic oxidation sites excluding steroid dienone is 1. The van der Waals surface area contributed by atoms with Crippen LogP contribution in [-0.2, 0) is 4.57 Å². The standard InChI is InChI=1S/C20H25O2P/c1-5-18(19(21)20(2,3)4)23(22,16-12-8-6-9-13-16)17-14-10-7-11-15-17/h5-15,19,21H,1-4H3/b18-5+. The van der Waals surface area contributed by atoms with Gasteiger partial charge in [-0.1, -0.05) is 87.5 Å². The summed E-state index contributed by atoms with van der Waals surface area (Å²) in [7, 11) is -3.08. The minimum atomic E-state index is -3.08. The van der Waals surface area contributed by atoms with Crippen LogP contribution in [0.15, 0.2) is 72.1 Å². The topological polar surface area (TPSA) is 37.3 Å². The molecule has 0 aliphatic carbocycles. The fourth-order valence-corrected chi connectivity index (χ4v) is 5.85. The molecule has 0 amide bonds. The molecule has 122 valence electrons. The summed E-state index contributed by atoms with van der Waals surface area (Å²) in [5, 5.41) is 13.0. The Morgan fingerprint density at radius 2 is 1.35 bits per heavy atom. The van der Waals surface area contributed by atoms with E-state index in [0.717, 1.165) is 10.6 Å². The highest BCUT2D eigenvalue weighted by Gasteiger charge is 2.39. The summed E-state index contributed by atoms with van der Waals surface area (Å²) in [6.45, 7) is 7.73. The Hall–Kier alpha value is -1.63. The molecular formula is C20H25O2P. The number of aliphatic hydroxyl groups excluding tert-OH is 1. The highest BCUT2D eigenvalue weighted by Crippen LogP contribution is 2.55. The van der Waals surface area contributed by atoms with Gasteiger partial charge in [0.05, 0.1) is 6.10 Å². The molecular weight excluding hydrogens is 303 g/mol. The first-order valence-corrected chi connectivity index (χ1v) is 9.58. The van der Waals surface area contributed by atoms with Crippen molar-refractivity contribution in [3.8, 4) is 0 Å². The van der Waals surface area contributed by atoms with Crippen LogP contribution in [0.25, 0.3) is 0 Å². The second-order valence-corrected chi connectivity index (χ2v) is 9.53. The summed E-state index contributed by atoms with van der Waals surface area (Å²) in [6.07, 6.45) is 1.04. The average Bonchev–Trinajstić information content (AvgIpc) is 2.56. The molecule has 0 bridgehead atoms. The molecule has 1 N–H and O–H groups in total. The molecule has 2 aromatic rings. The molecule has 2 aromatic carbocycles. The second-order valence-electron chi connectivity index (χ2n) is 6.76. The largest absolute Gasteiger partial charge is 0.388 e. The van der Waals surface area contributed by atoms with Gasteiger partial charge in [-0.3, -0.25) is 0 Å². The molecule has 0 radical (unpaired) electrons. The molecule has 0 spiro atoms. The Balaban J connectivity index is 2.71. The van der Waals surface area contributed by atoms with Gasteiger partial charge in [0.25, 0.3) is 0 Å². The molecule has 0 aliphatic heterocycles. The van der Waals surface area contributed by atoms with Crippen molar-refractivity contribution in [2.45, 2.75) is 33.8 Å². The fourth-order valence-electron chi connectivity index (χ4n) is 2.68. The normalized spacial score (nSPS) is 14.6. The van der Waals surface area contributed by atoms with E-state index in [9.17, 15) is 9.67 Å². The summed E-state index contributed by atoms with van der Waals surface area (Å²) in [4.78, 5) is 0. The lowest BCUT2D eigenvalue weighted by molar-refractivity contribution is 0.101. The van der Waals surface area contributed by atoms with Crippen molar-refractivity contribution in [1.82, 2.24) is 0 Å². The monoisotopic (exact) mass is 328 g/mol. The number of hydrogen-bond acceptors (Lipinski definition) is 2. The van der Waals surface area contributed by atoms with Crippen LogP contribution in [0.2, 0.25) is 0 Å². The highest BCUT2D eigenvalue weighted by atomic mass is 31.2. The van der Waals surface area contributed by atoms with Gasteiger partial charge in [-0.15, -0.1) is 0 Å². The van der Waals surface area contributed by atoms with Crippen LogP contribution in [0.5, 0.6) is 0 Å². The van der Waals surface area contributed by atoms with Gasteiger partial charge in [-0.05, 0) is 12.3 Å². The third-order valence-corrected chi connectivity index (χ3v) is 7.28. The maximum absolute atomic E-state index is 14.2. The Labute approximate surface area is 139 Å². The molecule has 23 heavy (non-hydrogen) atoms. The molecule has 1 atom stereocenters. The van der Waals surface area contributed by atoms with Crippen LogP contribution in [0, 0.1) is 5.41 Å². The number of aliphatic hydroxyl groups is 1. The molecule has 2 nitrogen and oxygen atoms in total. The SMILES string of the molecule is C/C=C(\C(O)C(C)(C)C)P(=O)(c1ccccc1)c1ccccc1. The quantitative estimate of drug-likeness (QED) is 0.849. The Kier molecular flexibility index (Phi) is 5.29. The van der Waals surface area contributed by atoms with Crippen LogP contribution in [0.4, 0.5) is 0 Å². The van der Waals surface area contributed by atoms with E-state index >= 15 is 0 Å². The smallest absolute Gasteiger partial charge is 0.169 e. The van der Waals surface area contributed by atoms with E-state index in [2.05, 4.69) is 0 Å². The molecule has 0 aromatic heterocycles. The Morgan fingerprint density at radius 1 is 0.957 bits per heavy atom. The fraction of sp³-hybridized carbons (Fsp3) is 0.300. The minimum absolute atomic E-state index is 0.388. The zero-order valence-corrected chi connectivity index (χ0v) is 15.1. The van der Waals surface area contributed by atoms with Crippen molar-refractivity contribution in [2.24, 2.45) is 5.41 Å². The summed E-state index contributed by atoms with van der Waals surface area (Å²) in [6, 6.07) is 18.9. The molecule has 0 fully saturated rings. The summed E-state index contributed by atoms with van der Waals surface area (Å²) < 4.78 is 14.2. The van der Waals surface area contributed by atoms with Crippen molar-refractivity contribution >= 4 is 17.8 Å². The maximum Gasteiger partial charge on any atom is 0.169 e. The zero-order chi connectivity index (χ0) is 17.1. The molecule has 3 heteroatoms. The number of benzene rings is 2. The van der Waals surface area contributed by atoms with Crippen LogP contribution in [-0.4, -0.2) is 11.2 Å². The third-order valence-electron chi connectivity index (χ3n) is 4.00. The van der Waals surface area contributed by atoms with Crippen LogP contribution >= 0.6 is 7.14 Å². The predicted molar refractivity (Wildman–Crippen MR) is 99.0 cm³/mol. The van der Waals surface area contributed by atoms with Crippen molar-refractivity contribution in [3.63, 3.8) is 0 Å². The van der Waals surface area contributed by atoms with Crippen molar-refractivity contribution < 1.29 is 9.67 Å². The summed E-state index contributed by atoms with van der Waals surface area (Å²) in [5.74, 6) is 0. The molecule has 0 heterocycles. The number of rotatable bonds is 4.